The predicted molar refractivity (Wildman–Crippen MR) is 77.5 cm³/mol. The summed E-state index contributed by atoms with van der Waals surface area (Å²) in [5, 5.41) is 20.9. The summed E-state index contributed by atoms with van der Waals surface area (Å²) in [4.78, 5) is 24.2. The lowest BCUT2D eigenvalue weighted by atomic mass is 9.94. The molecule has 0 radical (unpaired) electrons. The lowest BCUT2D eigenvalue weighted by Gasteiger charge is -2.34. The maximum Gasteiger partial charge on any atom is 0.317 e. The monoisotopic (exact) mass is 288 g/mol. The number of urea groups is 1. The molecule has 0 rings (SSSR count). The van der Waals surface area contributed by atoms with Crippen molar-refractivity contribution in [1.82, 2.24) is 10.2 Å². The van der Waals surface area contributed by atoms with Crippen molar-refractivity contribution in [2.24, 2.45) is 11.8 Å². The average molecular weight is 288 g/mol. The summed E-state index contributed by atoms with van der Waals surface area (Å²) in [5.41, 5.74) is -0.648. The molecule has 0 spiro atoms. The second kappa shape index (κ2) is 8.09. The van der Waals surface area contributed by atoms with Crippen LogP contribution in [0.25, 0.3) is 0 Å². The Morgan fingerprint density at radius 2 is 1.85 bits per heavy atom. The minimum absolute atomic E-state index is 0.0472. The van der Waals surface area contributed by atoms with Gasteiger partial charge in [-0.05, 0) is 32.1 Å². The van der Waals surface area contributed by atoms with E-state index >= 15 is 0 Å². The highest BCUT2D eigenvalue weighted by Gasteiger charge is 2.27. The highest BCUT2D eigenvalue weighted by atomic mass is 16.4. The van der Waals surface area contributed by atoms with Crippen LogP contribution in [0.3, 0.4) is 0 Å². The van der Waals surface area contributed by atoms with Gasteiger partial charge in [0.05, 0.1) is 12.1 Å². The topological polar surface area (TPSA) is 89.9 Å². The Morgan fingerprint density at radius 3 is 2.25 bits per heavy atom. The fourth-order valence-corrected chi connectivity index (χ4v) is 1.88. The number of hydrogen-bond acceptors (Lipinski definition) is 3. The van der Waals surface area contributed by atoms with E-state index in [1.165, 1.54) is 4.90 Å². The van der Waals surface area contributed by atoms with Gasteiger partial charge in [0.15, 0.2) is 0 Å². The van der Waals surface area contributed by atoms with Crippen molar-refractivity contribution in [3.8, 4) is 0 Å². The Morgan fingerprint density at radius 1 is 1.30 bits per heavy atom. The molecule has 1 atom stereocenters. The van der Waals surface area contributed by atoms with Crippen LogP contribution in [0.5, 0.6) is 0 Å². The number of nitrogens with one attached hydrogen (secondary N) is 1. The van der Waals surface area contributed by atoms with Gasteiger partial charge in [-0.25, -0.2) is 4.79 Å². The van der Waals surface area contributed by atoms with Crippen LogP contribution in [0.15, 0.2) is 0 Å². The molecule has 0 saturated heterocycles. The number of carboxylic acids is 1. The number of aliphatic hydroxyl groups excluding tert-OH is 1. The van der Waals surface area contributed by atoms with Crippen LogP contribution < -0.4 is 5.32 Å². The van der Waals surface area contributed by atoms with Gasteiger partial charge in [0.2, 0.25) is 0 Å². The molecule has 0 bridgehead atoms. The zero-order chi connectivity index (χ0) is 15.9. The molecule has 3 N–H and O–H groups in total. The molecule has 0 aliphatic rings. The number of nitrogens with zero attached hydrogens (tertiary/aromatic N) is 1. The molecule has 0 aromatic heterocycles. The van der Waals surface area contributed by atoms with Gasteiger partial charge in [-0.3, -0.25) is 4.79 Å². The first-order chi connectivity index (χ1) is 9.10. The lowest BCUT2D eigenvalue weighted by molar-refractivity contribution is -0.138. The van der Waals surface area contributed by atoms with Gasteiger partial charge in [0, 0.05) is 20.0 Å². The van der Waals surface area contributed by atoms with Crippen LogP contribution >= 0.6 is 0 Å². The third-order valence-corrected chi connectivity index (χ3v) is 3.41. The third kappa shape index (κ3) is 6.75. The maximum absolute atomic E-state index is 12.0. The molecule has 20 heavy (non-hydrogen) atoms. The van der Waals surface area contributed by atoms with E-state index < -0.39 is 11.5 Å². The number of aliphatic hydroxyl groups is 1. The molecule has 0 heterocycles. The van der Waals surface area contributed by atoms with E-state index in [-0.39, 0.29) is 25.0 Å². The van der Waals surface area contributed by atoms with Crippen LogP contribution in [0, 0.1) is 11.8 Å². The Kier molecular flexibility index (Phi) is 7.57. The first-order valence-corrected chi connectivity index (χ1v) is 6.94. The zero-order valence-corrected chi connectivity index (χ0v) is 13.1. The molecule has 1 unspecified atom stereocenters. The molecule has 6 heteroatoms. The first kappa shape index (κ1) is 18.7. The van der Waals surface area contributed by atoms with Gasteiger partial charge in [-0.1, -0.05) is 13.8 Å². The van der Waals surface area contributed by atoms with E-state index in [2.05, 4.69) is 5.32 Å². The summed E-state index contributed by atoms with van der Waals surface area (Å²) >= 11 is 0. The SMILES string of the molecule is CC(C)CC(CNC(=O)N(C)C(C)(C)CO)CC(=O)O. The fraction of sp³-hybridized carbons (Fsp3) is 0.857. The first-order valence-electron chi connectivity index (χ1n) is 6.94. The summed E-state index contributed by atoms with van der Waals surface area (Å²) in [6, 6.07) is -0.303. The number of amides is 2. The number of hydrogen-bond donors (Lipinski definition) is 3. The number of rotatable bonds is 8. The van der Waals surface area contributed by atoms with Gasteiger partial charge in [0.25, 0.3) is 0 Å². The van der Waals surface area contributed by atoms with E-state index in [0.717, 1.165) is 6.42 Å². The van der Waals surface area contributed by atoms with Crippen molar-refractivity contribution in [2.75, 3.05) is 20.2 Å². The zero-order valence-electron chi connectivity index (χ0n) is 13.1. The molecule has 118 valence electrons. The van der Waals surface area contributed by atoms with Crippen molar-refractivity contribution < 1.29 is 19.8 Å². The number of carbonyl (C=O) groups excluding carboxylic acids is 1. The van der Waals surface area contributed by atoms with Gasteiger partial charge in [0.1, 0.15) is 0 Å². The van der Waals surface area contributed by atoms with E-state index in [1.54, 1.807) is 20.9 Å². The van der Waals surface area contributed by atoms with Crippen molar-refractivity contribution in [2.45, 2.75) is 46.1 Å². The van der Waals surface area contributed by atoms with E-state index in [1.807, 2.05) is 13.8 Å². The van der Waals surface area contributed by atoms with E-state index in [0.29, 0.717) is 12.5 Å². The number of carbonyl (C=O) groups is 2. The van der Waals surface area contributed by atoms with Crippen LogP contribution in [0.4, 0.5) is 4.79 Å². The van der Waals surface area contributed by atoms with Crippen molar-refractivity contribution in [3.05, 3.63) is 0 Å². The summed E-state index contributed by atoms with van der Waals surface area (Å²) in [6.07, 6.45) is 0.797. The van der Waals surface area contributed by atoms with Crippen molar-refractivity contribution in [3.63, 3.8) is 0 Å². The van der Waals surface area contributed by atoms with Crippen LogP contribution in [-0.4, -0.2) is 52.9 Å². The van der Waals surface area contributed by atoms with E-state index in [4.69, 9.17) is 5.11 Å². The van der Waals surface area contributed by atoms with E-state index in [9.17, 15) is 14.7 Å². The van der Waals surface area contributed by atoms with Crippen LogP contribution in [-0.2, 0) is 4.79 Å². The Bertz CT molecular complexity index is 329. The van der Waals surface area contributed by atoms with Crippen molar-refractivity contribution in [1.29, 1.82) is 0 Å². The third-order valence-electron chi connectivity index (χ3n) is 3.41. The predicted octanol–water partition coefficient (Wildman–Crippen LogP) is 1.54. The van der Waals surface area contributed by atoms with Gasteiger partial charge >= 0.3 is 12.0 Å². The summed E-state index contributed by atoms with van der Waals surface area (Å²) in [6.45, 7) is 7.76. The summed E-state index contributed by atoms with van der Waals surface area (Å²) in [7, 11) is 1.61. The second-order valence-corrected chi connectivity index (χ2v) is 6.31. The lowest BCUT2D eigenvalue weighted by Crippen LogP contribution is -2.52. The summed E-state index contributed by atoms with van der Waals surface area (Å²) < 4.78 is 0. The maximum atomic E-state index is 12.0. The molecule has 2 amide bonds. The molecular weight excluding hydrogens is 260 g/mol. The minimum atomic E-state index is -0.853. The Hall–Kier alpha value is -1.30. The standard InChI is InChI=1S/C14H28N2O4/c1-10(2)6-11(7-12(18)19)8-15-13(20)16(5)14(3,4)9-17/h10-11,17H,6-9H2,1-5H3,(H,15,20)(H,18,19). The smallest absolute Gasteiger partial charge is 0.317 e. The Balaban J connectivity index is 4.46. The van der Waals surface area contributed by atoms with Crippen molar-refractivity contribution >= 4 is 12.0 Å². The second-order valence-electron chi connectivity index (χ2n) is 6.31. The average Bonchev–Trinajstić information content (AvgIpc) is 2.33. The largest absolute Gasteiger partial charge is 0.481 e. The van der Waals surface area contributed by atoms with Crippen LogP contribution in [0.2, 0.25) is 0 Å². The molecule has 0 aliphatic carbocycles. The molecule has 0 aromatic carbocycles. The molecule has 0 aliphatic heterocycles. The minimum Gasteiger partial charge on any atom is -0.481 e. The highest BCUT2D eigenvalue weighted by molar-refractivity contribution is 5.74. The molecular formula is C14H28N2O4. The summed E-state index contributed by atoms with van der Waals surface area (Å²) in [5.74, 6) is -0.557. The molecule has 0 aromatic rings. The molecule has 0 fully saturated rings. The van der Waals surface area contributed by atoms with Gasteiger partial charge in [-0.2, -0.15) is 0 Å². The molecule has 6 nitrogen and oxygen atoms in total. The Labute approximate surface area is 121 Å². The molecule has 0 saturated carbocycles. The van der Waals surface area contributed by atoms with Gasteiger partial charge < -0.3 is 20.4 Å². The normalized spacial score (nSPS) is 13.2. The van der Waals surface area contributed by atoms with Crippen LogP contribution in [0.1, 0.15) is 40.5 Å². The quantitative estimate of drug-likeness (QED) is 0.632. The number of aliphatic carboxylic acids is 1. The fourth-order valence-electron chi connectivity index (χ4n) is 1.88. The van der Waals surface area contributed by atoms with Gasteiger partial charge in [-0.15, -0.1) is 0 Å². The number of carboxylic acid groups (broad SMARTS) is 1. The number of likely N-dealkylation sites (N-methyl/N-ethyl adjacent to an activating group) is 1. The highest BCUT2D eigenvalue weighted by Crippen LogP contribution is 2.16.